The van der Waals surface area contributed by atoms with Crippen LogP contribution in [0.15, 0.2) is 78.0 Å². The Morgan fingerprint density at radius 1 is 1.06 bits per heavy atom. The maximum Gasteiger partial charge on any atom is 0.446 e. The highest BCUT2D eigenvalue weighted by molar-refractivity contribution is 8.00. The van der Waals surface area contributed by atoms with Crippen molar-refractivity contribution in [3.05, 3.63) is 84.2 Å². The normalized spacial score (nSPS) is 16.3. The molecule has 0 aliphatic carbocycles. The van der Waals surface area contributed by atoms with Crippen LogP contribution in [0.5, 0.6) is 0 Å². The lowest BCUT2D eigenvalue weighted by atomic mass is 10.0. The number of hydrogen-bond acceptors (Lipinski definition) is 6. The Morgan fingerprint density at radius 3 is 2.42 bits per heavy atom. The number of halogens is 3. The van der Waals surface area contributed by atoms with Gasteiger partial charge in [0.2, 0.25) is 10.0 Å². The summed E-state index contributed by atoms with van der Waals surface area (Å²) in [7, 11) is -3.64. The van der Waals surface area contributed by atoms with Gasteiger partial charge in [0, 0.05) is 35.4 Å². The number of alkyl halides is 3. The molecule has 1 aliphatic heterocycles. The van der Waals surface area contributed by atoms with Crippen molar-refractivity contribution in [1.82, 2.24) is 9.88 Å². The highest BCUT2D eigenvalue weighted by atomic mass is 32.2. The van der Waals surface area contributed by atoms with Gasteiger partial charge in [0.05, 0.1) is 24.3 Å². The number of pyridine rings is 1. The van der Waals surface area contributed by atoms with Crippen LogP contribution in [-0.2, 0) is 22.3 Å². The summed E-state index contributed by atoms with van der Waals surface area (Å²) in [6, 6.07) is 17.1. The molecule has 2 aromatic carbocycles. The van der Waals surface area contributed by atoms with Crippen molar-refractivity contribution in [2.45, 2.75) is 42.1 Å². The maximum atomic E-state index is 12.8. The van der Waals surface area contributed by atoms with Crippen LogP contribution in [0, 0.1) is 0 Å². The highest BCUT2D eigenvalue weighted by Gasteiger charge is 2.37. The number of thioether (sulfide) groups is 1. The molecule has 192 valence electrons. The smallest absolute Gasteiger partial charge is 0.357 e. The standard InChI is InChI=1S/C25H27F3N4O2S2/c1-24(2)17-31(21-8-10-22(11-9-21)35-25(26,27)28)18-32(24)15-20-12-13-29-14-23(20)30-36(33,34)16-19-6-4-3-5-7-19/h3-14,30H,15-18H2,1-2H3. The molecule has 1 aliphatic rings. The number of benzene rings is 2. The molecule has 1 fully saturated rings. The number of aromatic nitrogens is 1. The first kappa shape index (κ1) is 26.3. The van der Waals surface area contributed by atoms with E-state index >= 15 is 0 Å². The van der Waals surface area contributed by atoms with Gasteiger partial charge in [0.1, 0.15) is 0 Å². The summed E-state index contributed by atoms with van der Waals surface area (Å²) in [5.41, 5.74) is -1.85. The van der Waals surface area contributed by atoms with E-state index in [1.807, 2.05) is 6.07 Å². The summed E-state index contributed by atoms with van der Waals surface area (Å²) in [6.07, 6.45) is 3.14. The molecule has 1 N–H and O–H groups in total. The minimum Gasteiger partial charge on any atom is -0.357 e. The quantitative estimate of drug-likeness (QED) is 0.373. The molecule has 3 aromatic rings. The average Bonchev–Trinajstić information content (AvgIpc) is 3.08. The van der Waals surface area contributed by atoms with Crippen molar-refractivity contribution < 1.29 is 21.6 Å². The fourth-order valence-electron chi connectivity index (χ4n) is 4.17. The van der Waals surface area contributed by atoms with Gasteiger partial charge in [-0.05, 0) is 67.1 Å². The van der Waals surface area contributed by atoms with Gasteiger partial charge in [-0.25, -0.2) is 8.42 Å². The zero-order valence-corrected chi connectivity index (χ0v) is 21.5. The van der Waals surface area contributed by atoms with Gasteiger partial charge in [-0.15, -0.1) is 0 Å². The molecule has 4 rings (SSSR count). The van der Waals surface area contributed by atoms with Crippen LogP contribution < -0.4 is 9.62 Å². The van der Waals surface area contributed by atoms with E-state index in [0.717, 1.165) is 11.3 Å². The second kappa shape index (κ2) is 10.3. The number of sulfonamides is 1. The molecule has 1 aromatic heterocycles. The van der Waals surface area contributed by atoms with Crippen molar-refractivity contribution in [3.63, 3.8) is 0 Å². The highest BCUT2D eigenvalue weighted by Crippen LogP contribution is 2.38. The summed E-state index contributed by atoms with van der Waals surface area (Å²) in [5, 5.41) is 0. The van der Waals surface area contributed by atoms with E-state index in [4.69, 9.17) is 0 Å². The van der Waals surface area contributed by atoms with Crippen molar-refractivity contribution in [3.8, 4) is 0 Å². The number of rotatable bonds is 8. The van der Waals surface area contributed by atoms with Crippen LogP contribution in [0.4, 0.5) is 24.5 Å². The van der Waals surface area contributed by atoms with Gasteiger partial charge >= 0.3 is 5.51 Å². The first-order chi connectivity index (χ1) is 16.9. The fourth-order valence-corrected chi connectivity index (χ4v) is 5.93. The molecule has 1 saturated heterocycles. The Labute approximate surface area is 213 Å². The third-order valence-corrected chi connectivity index (χ3v) is 7.93. The summed E-state index contributed by atoms with van der Waals surface area (Å²) in [4.78, 5) is 8.55. The molecule has 0 bridgehead atoms. The molecule has 6 nitrogen and oxygen atoms in total. The second-order valence-corrected chi connectivity index (χ2v) is 12.1. The van der Waals surface area contributed by atoms with E-state index in [1.165, 1.54) is 18.3 Å². The molecule has 0 amide bonds. The zero-order chi connectivity index (χ0) is 26.0. The van der Waals surface area contributed by atoms with Crippen LogP contribution in [0.25, 0.3) is 0 Å². The topological polar surface area (TPSA) is 65.5 Å². The Balaban J connectivity index is 1.47. The molecular weight excluding hydrogens is 509 g/mol. The SMILES string of the molecule is CC1(C)CN(c2ccc(SC(F)(F)F)cc2)CN1Cc1ccncc1NS(=O)(=O)Cc1ccccc1. The van der Waals surface area contributed by atoms with E-state index in [0.29, 0.717) is 31.0 Å². The summed E-state index contributed by atoms with van der Waals surface area (Å²) >= 11 is -0.130. The predicted molar refractivity (Wildman–Crippen MR) is 137 cm³/mol. The van der Waals surface area contributed by atoms with Crippen LogP contribution in [-0.4, -0.2) is 42.6 Å². The van der Waals surface area contributed by atoms with Crippen LogP contribution >= 0.6 is 11.8 Å². The van der Waals surface area contributed by atoms with Crippen molar-refractivity contribution >= 4 is 33.2 Å². The molecule has 36 heavy (non-hydrogen) atoms. The molecule has 0 radical (unpaired) electrons. The lowest BCUT2D eigenvalue weighted by Gasteiger charge is -2.30. The van der Waals surface area contributed by atoms with E-state index in [9.17, 15) is 21.6 Å². The Bertz CT molecular complexity index is 1280. The zero-order valence-electron chi connectivity index (χ0n) is 19.9. The molecule has 0 saturated carbocycles. The number of nitrogens with zero attached hydrogens (tertiary/aromatic N) is 3. The van der Waals surface area contributed by atoms with Gasteiger partial charge in [0.15, 0.2) is 0 Å². The third kappa shape index (κ3) is 6.92. The largest absolute Gasteiger partial charge is 0.446 e. The molecule has 0 atom stereocenters. The number of hydrogen-bond donors (Lipinski definition) is 1. The van der Waals surface area contributed by atoms with Gasteiger partial charge in [-0.1, -0.05) is 30.3 Å². The second-order valence-electron chi connectivity index (χ2n) is 9.27. The van der Waals surface area contributed by atoms with Crippen molar-refractivity contribution in [1.29, 1.82) is 0 Å². The van der Waals surface area contributed by atoms with Gasteiger partial charge in [-0.3, -0.25) is 14.6 Å². The monoisotopic (exact) mass is 536 g/mol. The fraction of sp³-hybridized carbons (Fsp3) is 0.320. The van der Waals surface area contributed by atoms with Crippen molar-refractivity contribution in [2.75, 3.05) is 22.8 Å². The van der Waals surface area contributed by atoms with E-state index in [-0.39, 0.29) is 27.9 Å². The van der Waals surface area contributed by atoms with Crippen LogP contribution in [0.3, 0.4) is 0 Å². The first-order valence-electron chi connectivity index (χ1n) is 11.2. The lowest BCUT2D eigenvalue weighted by molar-refractivity contribution is -0.0328. The van der Waals surface area contributed by atoms with Crippen molar-refractivity contribution in [2.24, 2.45) is 0 Å². The minimum absolute atomic E-state index is 0.130. The summed E-state index contributed by atoms with van der Waals surface area (Å²) in [6.45, 7) is 5.84. The molecule has 0 spiro atoms. The van der Waals surface area contributed by atoms with Gasteiger partial charge in [0.25, 0.3) is 0 Å². The Kier molecular flexibility index (Phi) is 7.53. The average molecular weight is 537 g/mol. The molecular formula is C25H27F3N4O2S2. The third-order valence-electron chi connectivity index (χ3n) is 5.95. The van der Waals surface area contributed by atoms with Gasteiger partial charge < -0.3 is 4.90 Å². The lowest BCUT2D eigenvalue weighted by Crippen LogP contribution is -2.39. The molecule has 2 heterocycles. The number of anilines is 2. The number of nitrogens with one attached hydrogen (secondary N) is 1. The van der Waals surface area contributed by atoms with E-state index in [2.05, 4.69) is 33.4 Å². The Morgan fingerprint density at radius 2 is 1.75 bits per heavy atom. The van der Waals surface area contributed by atoms with Crippen LogP contribution in [0.2, 0.25) is 0 Å². The van der Waals surface area contributed by atoms with Crippen LogP contribution in [0.1, 0.15) is 25.0 Å². The van der Waals surface area contributed by atoms with E-state index < -0.39 is 15.5 Å². The summed E-state index contributed by atoms with van der Waals surface area (Å²) < 4.78 is 66.2. The first-order valence-corrected chi connectivity index (χ1v) is 13.7. The van der Waals surface area contributed by atoms with E-state index in [1.54, 1.807) is 48.7 Å². The molecule has 11 heteroatoms. The predicted octanol–water partition coefficient (Wildman–Crippen LogP) is 5.69. The Hall–Kier alpha value is -2.76. The van der Waals surface area contributed by atoms with Gasteiger partial charge in [-0.2, -0.15) is 13.2 Å². The minimum atomic E-state index is -4.32. The summed E-state index contributed by atoms with van der Waals surface area (Å²) in [5.74, 6) is -0.145. The molecule has 0 unspecified atom stereocenters. The maximum absolute atomic E-state index is 12.8.